The highest BCUT2D eigenvalue weighted by Crippen LogP contribution is 2.41. The molecule has 15 heavy (non-hydrogen) atoms. The summed E-state index contributed by atoms with van der Waals surface area (Å²) in [7, 11) is 0. The Hall–Kier alpha value is -0.490. The second kappa shape index (κ2) is 3.83. The van der Waals surface area contributed by atoms with E-state index in [0.717, 1.165) is 0 Å². The fraction of sp³-hybridized carbons (Fsp3) is 0.444. The maximum absolute atomic E-state index is 12.6. The largest absolute Gasteiger partial charge is 0.341 e. The van der Waals surface area contributed by atoms with E-state index in [4.69, 9.17) is 0 Å². The van der Waals surface area contributed by atoms with Crippen LogP contribution < -0.4 is 5.32 Å². The Morgan fingerprint density at radius 2 is 2.27 bits per heavy atom. The molecular weight excluding hydrogens is 288 g/mol. The summed E-state index contributed by atoms with van der Waals surface area (Å²) in [4.78, 5) is 11.6. The molecule has 1 aromatic heterocycles. The molecule has 0 saturated heterocycles. The van der Waals surface area contributed by atoms with Gasteiger partial charge >= 0.3 is 0 Å². The maximum Gasteiger partial charge on any atom is 0.261 e. The van der Waals surface area contributed by atoms with E-state index >= 15 is 0 Å². The molecule has 82 valence electrons. The molecule has 0 spiro atoms. The topological polar surface area (TPSA) is 29.1 Å². The van der Waals surface area contributed by atoms with Crippen LogP contribution in [0.5, 0.6) is 0 Å². The number of alkyl halides is 2. The van der Waals surface area contributed by atoms with Gasteiger partial charge in [-0.05, 0) is 40.2 Å². The lowest BCUT2D eigenvalue weighted by atomic mass is 10.2. The predicted molar refractivity (Wildman–Crippen MR) is 57.5 cm³/mol. The molecule has 1 fully saturated rings. The van der Waals surface area contributed by atoms with Crippen molar-refractivity contribution >= 4 is 33.2 Å². The number of amides is 1. The van der Waals surface area contributed by atoms with Crippen molar-refractivity contribution in [2.75, 3.05) is 0 Å². The van der Waals surface area contributed by atoms with E-state index in [1.807, 2.05) is 0 Å². The fourth-order valence-electron chi connectivity index (χ4n) is 1.28. The Labute approximate surface area is 97.8 Å². The lowest BCUT2D eigenvalue weighted by molar-refractivity contribution is 0.0680. The summed E-state index contributed by atoms with van der Waals surface area (Å²) >= 11 is 4.56. The van der Waals surface area contributed by atoms with Crippen molar-refractivity contribution in [2.24, 2.45) is 0 Å². The van der Waals surface area contributed by atoms with E-state index in [2.05, 4.69) is 21.2 Å². The monoisotopic (exact) mass is 295 g/mol. The van der Waals surface area contributed by atoms with Crippen molar-refractivity contribution < 1.29 is 13.6 Å². The summed E-state index contributed by atoms with van der Waals surface area (Å²) in [5, 5.41) is 4.13. The summed E-state index contributed by atoms with van der Waals surface area (Å²) in [6, 6.07) is 1.62. The predicted octanol–water partition coefficient (Wildman–Crippen LogP) is 3.04. The standard InChI is InChI=1S/C9H8BrF2NOS/c10-6-5(1-4-15-6)7(14)13-9(2-3-9)8(11)12/h1,4,8H,2-3H2,(H,13,14). The van der Waals surface area contributed by atoms with E-state index in [1.54, 1.807) is 11.4 Å². The Morgan fingerprint density at radius 3 is 2.67 bits per heavy atom. The molecule has 1 amide bonds. The van der Waals surface area contributed by atoms with Gasteiger partial charge in [0.15, 0.2) is 0 Å². The number of rotatable bonds is 3. The normalized spacial score (nSPS) is 17.9. The van der Waals surface area contributed by atoms with Gasteiger partial charge in [0, 0.05) is 0 Å². The zero-order valence-electron chi connectivity index (χ0n) is 7.60. The molecule has 1 heterocycles. The average molecular weight is 296 g/mol. The molecular formula is C9H8BrF2NOS. The van der Waals surface area contributed by atoms with Crippen molar-refractivity contribution in [3.8, 4) is 0 Å². The van der Waals surface area contributed by atoms with Crippen molar-refractivity contribution in [3.63, 3.8) is 0 Å². The third-order valence-corrected chi connectivity index (χ3v) is 4.12. The second-order valence-electron chi connectivity index (χ2n) is 3.52. The molecule has 2 nitrogen and oxygen atoms in total. The molecule has 6 heteroatoms. The number of thiophene rings is 1. The Kier molecular flexibility index (Phi) is 2.81. The number of carbonyl (C=O) groups is 1. The van der Waals surface area contributed by atoms with Crippen LogP contribution in [0, 0.1) is 0 Å². The van der Waals surface area contributed by atoms with E-state index in [1.165, 1.54) is 11.3 Å². The van der Waals surface area contributed by atoms with Crippen LogP contribution in [0.1, 0.15) is 23.2 Å². The van der Waals surface area contributed by atoms with E-state index in [-0.39, 0.29) is 0 Å². The summed E-state index contributed by atoms with van der Waals surface area (Å²) in [5.74, 6) is -0.430. The number of hydrogen-bond donors (Lipinski definition) is 1. The molecule has 1 N–H and O–H groups in total. The lowest BCUT2D eigenvalue weighted by Crippen LogP contribution is -2.42. The molecule has 0 atom stereocenters. The van der Waals surface area contributed by atoms with Crippen LogP contribution >= 0.6 is 27.3 Å². The fourth-order valence-corrected chi connectivity index (χ4v) is 2.53. The zero-order chi connectivity index (χ0) is 11.1. The molecule has 0 bridgehead atoms. The van der Waals surface area contributed by atoms with Gasteiger partial charge in [-0.25, -0.2) is 8.78 Å². The Morgan fingerprint density at radius 1 is 1.60 bits per heavy atom. The highest BCUT2D eigenvalue weighted by Gasteiger charge is 2.52. The van der Waals surface area contributed by atoms with Crippen molar-refractivity contribution in [2.45, 2.75) is 24.8 Å². The van der Waals surface area contributed by atoms with Crippen LogP contribution in [-0.2, 0) is 0 Å². The van der Waals surface area contributed by atoms with E-state index in [9.17, 15) is 13.6 Å². The smallest absolute Gasteiger partial charge is 0.261 e. The van der Waals surface area contributed by atoms with Gasteiger partial charge in [-0.1, -0.05) is 0 Å². The number of hydrogen-bond acceptors (Lipinski definition) is 2. The number of nitrogens with one attached hydrogen (secondary N) is 1. The minimum absolute atomic E-state index is 0.359. The molecule has 1 saturated carbocycles. The van der Waals surface area contributed by atoms with Crippen molar-refractivity contribution in [1.29, 1.82) is 0 Å². The van der Waals surface area contributed by atoms with Crippen LogP contribution in [0.2, 0.25) is 0 Å². The van der Waals surface area contributed by atoms with Crippen LogP contribution in [0.4, 0.5) is 8.78 Å². The lowest BCUT2D eigenvalue weighted by Gasteiger charge is -2.15. The third kappa shape index (κ3) is 2.06. The van der Waals surface area contributed by atoms with Crippen LogP contribution in [-0.4, -0.2) is 17.9 Å². The van der Waals surface area contributed by atoms with Crippen LogP contribution in [0.3, 0.4) is 0 Å². The van der Waals surface area contributed by atoms with Gasteiger partial charge in [0.25, 0.3) is 12.3 Å². The Bertz CT molecular complexity index is 389. The minimum Gasteiger partial charge on any atom is -0.341 e. The van der Waals surface area contributed by atoms with Crippen LogP contribution in [0.25, 0.3) is 0 Å². The summed E-state index contributed by atoms with van der Waals surface area (Å²) in [6.07, 6.45) is -1.77. The van der Waals surface area contributed by atoms with Gasteiger partial charge in [0.05, 0.1) is 9.35 Å². The number of halogens is 3. The molecule has 0 unspecified atom stereocenters. The molecule has 0 radical (unpaired) electrons. The van der Waals surface area contributed by atoms with Crippen molar-refractivity contribution in [1.82, 2.24) is 5.32 Å². The van der Waals surface area contributed by atoms with Gasteiger partial charge in [0.2, 0.25) is 0 Å². The van der Waals surface area contributed by atoms with Crippen molar-refractivity contribution in [3.05, 3.63) is 20.8 Å². The first-order valence-electron chi connectivity index (χ1n) is 4.39. The zero-order valence-corrected chi connectivity index (χ0v) is 10.00. The maximum atomic E-state index is 12.6. The Balaban J connectivity index is 2.08. The molecule has 1 aliphatic rings. The molecule has 0 aliphatic heterocycles. The SMILES string of the molecule is O=C(NC1(C(F)F)CC1)c1ccsc1Br. The summed E-state index contributed by atoms with van der Waals surface area (Å²) in [5.41, 5.74) is -0.842. The van der Waals surface area contributed by atoms with E-state index < -0.39 is 17.9 Å². The molecule has 2 rings (SSSR count). The van der Waals surface area contributed by atoms with Gasteiger partial charge in [-0.15, -0.1) is 11.3 Å². The number of carbonyl (C=O) groups excluding carboxylic acids is 1. The molecule has 1 aromatic rings. The minimum atomic E-state index is -2.49. The first-order chi connectivity index (χ1) is 7.05. The van der Waals surface area contributed by atoms with Crippen LogP contribution in [0.15, 0.2) is 15.2 Å². The second-order valence-corrected chi connectivity index (χ2v) is 5.75. The highest BCUT2D eigenvalue weighted by molar-refractivity contribution is 9.11. The third-order valence-electron chi connectivity index (χ3n) is 2.43. The summed E-state index contributed by atoms with van der Waals surface area (Å²) < 4.78 is 25.8. The van der Waals surface area contributed by atoms with Gasteiger partial charge in [-0.2, -0.15) is 0 Å². The molecule has 0 aromatic carbocycles. The highest BCUT2D eigenvalue weighted by atomic mass is 79.9. The molecule has 1 aliphatic carbocycles. The first-order valence-corrected chi connectivity index (χ1v) is 6.06. The van der Waals surface area contributed by atoms with Gasteiger partial charge < -0.3 is 5.32 Å². The van der Waals surface area contributed by atoms with E-state index in [0.29, 0.717) is 22.2 Å². The van der Waals surface area contributed by atoms with Gasteiger partial charge in [0.1, 0.15) is 5.54 Å². The average Bonchev–Trinajstić information content (AvgIpc) is 2.82. The first kappa shape index (κ1) is 11.0. The van der Waals surface area contributed by atoms with Gasteiger partial charge in [-0.3, -0.25) is 4.79 Å². The summed E-state index contributed by atoms with van der Waals surface area (Å²) in [6.45, 7) is 0. The quantitative estimate of drug-likeness (QED) is 0.912.